The number of likely N-dealkylation sites (tertiary alicyclic amines) is 1. The van der Waals surface area contributed by atoms with E-state index in [1.807, 2.05) is 17.0 Å². The first-order valence-corrected chi connectivity index (χ1v) is 9.46. The standard InChI is InChI=1S/C20H23ClN4O2/c1-22-19(26)15-7-5-14(6-8-15)12-23-18-17(21)11-16(13-24-18)20(27)25-9-3-2-4-10-25/h5-8,11,13H,2-4,9-10,12H2,1H3,(H,22,26)(H,23,24). The van der Waals surface area contributed by atoms with Gasteiger partial charge in [-0.3, -0.25) is 9.59 Å². The van der Waals surface area contributed by atoms with Crippen LogP contribution in [0.3, 0.4) is 0 Å². The number of rotatable bonds is 5. The molecule has 1 aromatic carbocycles. The number of benzene rings is 1. The van der Waals surface area contributed by atoms with Crippen molar-refractivity contribution in [3.05, 3.63) is 58.2 Å². The number of anilines is 1. The number of aromatic nitrogens is 1. The summed E-state index contributed by atoms with van der Waals surface area (Å²) in [5.74, 6) is 0.399. The Balaban J connectivity index is 1.62. The van der Waals surface area contributed by atoms with Crippen LogP contribution in [-0.2, 0) is 6.54 Å². The van der Waals surface area contributed by atoms with Crippen LogP contribution >= 0.6 is 11.6 Å². The number of amides is 2. The van der Waals surface area contributed by atoms with Crippen LogP contribution in [0.5, 0.6) is 0 Å². The molecule has 0 radical (unpaired) electrons. The van der Waals surface area contributed by atoms with Gasteiger partial charge in [-0.1, -0.05) is 23.7 Å². The van der Waals surface area contributed by atoms with Crippen LogP contribution in [0.15, 0.2) is 36.5 Å². The molecule has 0 unspecified atom stereocenters. The molecule has 6 nitrogen and oxygen atoms in total. The van der Waals surface area contributed by atoms with E-state index in [0.717, 1.165) is 31.5 Å². The van der Waals surface area contributed by atoms with Gasteiger partial charge in [-0.25, -0.2) is 4.98 Å². The number of hydrogen-bond acceptors (Lipinski definition) is 4. The molecule has 1 saturated heterocycles. The van der Waals surface area contributed by atoms with Crippen molar-refractivity contribution >= 4 is 29.2 Å². The number of nitrogens with one attached hydrogen (secondary N) is 2. The Morgan fingerprint density at radius 2 is 1.81 bits per heavy atom. The zero-order valence-electron chi connectivity index (χ0n) is 15.3. The van der Waals surface area contributed by atoms with E-state index < -0.39 is 0 Å². The van der Waals surface area contributed by atoms with E-state index in [-0.39, 0.29) is 11.8 Å². The van der Waals surface area contributed by atoms with Crippen molar-refractivity contribution in [3.63, 3.8) is 0 Å². The van der Waals surface area contributed by atoms with Gasteiger partial charge >= 0.3 is 0 Å². The topological polar surface area (TPSA) is 74.3 Å². The largest absolute Gasteiger partial charge is 0.365 e. The van der Waals surface area contributed by atoms with Gasteiger partial charge in [-0.15, -0.1) is 0 Å². The summed E-state index contributed by atoms with van der Waals surface area (Å²) in [6, 6.07) is 8.96. The lowest BCUT2D eigenvalue weighted by molar-refractivity contribution is 0.0723. The van der Waals surface area contributed by atoms with Gasteiger partial charge in [0.2, 0.25) is 0 Å². The molecule has 27 heavy (non-hydrogen) atoms. The van der Waals surface area contributed by atoms with Gasteiger partial charge in [-0.2, -0.15) is 0 Å². The molecule has 0 atom stereocenters. The van der Waals surface area contributed by atoms with Gasteiger partial charge in [0.25, 0.3) is 11.8 Å². The molecule has 1 aliphatic rings. The molecule has 2 N–H and O–H groups in total. The van der Waals surface area contributed by atoms with Gasteiger partial charge < -0.3 is 15.5 Å². The Bertz CT molecular complexity index is 817. The fourth-order valence-electron chi connectivity index (χ4n) is 3.07. The van der Waals surface area contributed by atoms with Gasteiger partial charge in [0, 0.05) is 38.4 Å². The maximum atomic E-state index is 12.5. The fraction of sp³-hybridized carbons (Fsp3) is 0.350. The summed E-state index contributed by atoms with van der Waals surface area (Å²) in [5.41, 5.74) is 2.12. The van der Waals surface area contributed by atoms with Crippen molar-refractivity contribution in [2.45, 2.75) is 25.8 Å². The molecule has 2 heterocycles. The zero-order chi connectivity index (χ0) is 19.2. The predicted molar refractivity (Wildman–Crippen MR) is 106 cm³/mol. The predicted octanol–water partition coefficient (Wildman–Crippen LogP) is 3.33. The molecule has 1 fully saturated rings. The second-order valence-electron chi connectivity index (χ2n) is 6.54. The average molecular weight is 387 g/mol. The number of carbonyl (C=O) groups excluding carboxylic acids is 2. The van der Waals surface area contributed by atoms with Crippen molar-refractivity contribution in [2.24, 2.45) is 0 Å². The Hall–Kier alpha value is -2.60. The fourth-order valence-corrected chi connectivity index (χ4v) is 3.30. The van der Waals surface area contributed by atoms with Crippen molar-refractivity contribution in [2.75, 3.05) is 25.5 Å². The number of piperidine rings is 1. The van der Waals surface area contributed by atoms with Crippen molar-refractivity contribution in [1.29, 1.82) is 0 Å². The van der Waals surface area contributed by atoms with E-state index >= 15 is 0 Å². The maximum Gasteiger partial charge on any atom is 0.255 e. The highest BCUT2D eigenvalue weighted by molar-refractivity contribution is 6.33. The normalized spacial score (nSPS) is 13.9. The highest BCUT2D eigenvalue weighted by Gasteiger charge is 2.19. The lowest BCUT2D eigenvalue weighted by atomic mass is 10.1. The van der Waals surface area contributed by atoms with Gasteiger partial charge in [0.15, 0.2) is 0 Å². The molecular weight excluding hydrogens is 364 g/mol. The third kappa shape index (κ3) is 4.77. The monoisotopic (exact) mass is 386 g/mol. The third-order valence-electron chi connectivity index (χ3n) is 4.63. The molecule has 2 aromatic rings. The quantitative estimate of drug-likeness (QED) is 0.826. The molecule has 0 saturated carbocycles. The minimum Gasteiger partial charge on any atom is -0.365 e. The summed E-state index contributed by atoms with van der Waals surface area (Å²) in [7, 11) is 1.60. The van der Waals surface area contributed by atoms with Crippen LogP contribution in [0.4, 0.5) is 5.82 Å². The Kier molecular flexibility index (Phi) is 6.29. The summed E-state index contributed by atoms with van der Waals surface area (Å²) >= 11 is 6.32. The Labute approximate surface area is 163 Å². The second-order valence-corrected chi connectivity index (χ2v) is 6.94. The highest BCUT2D eigenvalue weighted by Crippen LogP contribution is 2.22. The SMILES string of the molecule is CNC(=O)c1ccc(CNc2ncc(C(=O)N3CCCCC3)cc2Cl)cc1. The Morgan fingerprint density at radius 1 is 1.11 bits per heavy atom. The van der Waals surface area contributed by atoms with E-state index in [4.69, 9.17) is 11.6 Å². The number of nitrogens with zero attached hydrogens (tertiary/aromatic N) is 2. The molecule has 1 aromatic heterocycles. The first-order chi connectivity index (χ1) is 13.1. The van der Waals surface area contributed by atoms with Crippen molar-refractivity contribution < 1.29 is 9.59 Å². The maximum absolute atomic E-state index is 12.5. The molecule has 0 aliphatic carbocycles. The molecule has 3 rings (SSSR count). The first kappa shape index (κ1) is 19.2. The lowest BCUT2D eigenvalue weighted by Gasteiger charge is -2.26. The minimum absolute atomic E-state index is 0.0135. The van der Waals surface area contributed by atoms with Gasteiger partial charge in [0.1, 0.15) is 5.82 Å². The summed E-state index contributed by atoms with van der Waals surface area (Å²) in [6.45, 7) is 2.10. The Morgan fingerprint density at radius 3 is 2.44 bits per heavy atom. The van der Waals surface area contributed by atoms with Crippen LogP contribution in [0, 0.1) is 0 Å². The molecule has 0 bridgehead atoms. The van der Waals surface area contributed by atoms with Crippen LogP contribution in [0.1, 0.15) is 45.5 Å². The molecule has 7 heteroatoms. The highest BCUT2D eigenvalue weighted by atomic mass is 35.5. The lowest BCUT2D eigenvalue weighted by Crippen LogP contribution is -2.35. The van der Waals surface area contributed by atoms with E-state index in [1.54, 1.807) is 31.4 Å². The number of hydrogen-bond donors (Lipinski definition) is 2. The van der Waals surface area contributed by atoms with E-state index in [0.29, 0.717) is 28.5 Å². The van der Waals surface area contributed by atoms with Crippen LogP contribution in [-0.4, -0.2) is 41.8 Å². The summed E-state index contributed by atoms with van der Waals surface area (Å²) < 4.78 is 0. The number of halogens is 1. The summed E-state index contributed by atoms with van der Waals surface area (Å²) in [6.07, 6.45) is 4.84. The molecule has 142 valence electrons. The molecule has 0 spiro atoms. The smallest absolute Gasteiger partial charge is 0.255 e. The first-order valence-electron chi connectivity index (χ1n) is 9.08. The van der Waals surface area contributed by atoms with Crippen molar-refractivity contribution in [1.82, 2.24) is 15.2 Å². The second kappa shape index (κ2) is 8.86. The van der Waals surface area contributed by atoms with E-state index in [9.17, 15) is 9.59 Å². The summed E-state index contributed by atoms with van der Waals surface area (Å²) in [4.78, 5) is 30.3. The minimum atomic E-state index is -0.117. The summed E-state index contributed by atoms with van der Waals surface area (Å²) in [5, 5.41) is 6.18. The molecule has 1 aliphatic heterocycles. The number of carbonyl (C=O) groups is 2. The third-order valence-corrected chi connectivity index (χ3v) is 4.92. The average Bonchev–Trinajstić information content (AvgIpc) is 2.72. The molecular formula is C20H23ClN4O2. The molecule has 2 amide bonds. The number of pyridine rings is 1. The van der Waals surface area contributed by atoms with Crippen LogP contribution < -0.4 is 10.6 Å². The van der Waals surface area contributed by atoms with E-state index in [2.05, 4.69) is 15.6 Å². The van der Waals surface area contributed by atoms with Crippen LogP contribution in [0.2, 0.25) is 5.02 Å². The van der Waals surface area contributed by atoms with Crippen molar-refractivity contribution in [3.8, 4) is 0 Å². The van der Waals surface area contributed by atoms with Crippen LogP contribution in [0.25, 0.3) is 0 Å². The zero-order valence-corrected chi connectivity index (χ0v) is 16.1. The van der Waals surface area contributed by atoms with E-state index in [1.165, 1.54) is 6.42 Å². The van der Waals surface area contributed by atoms with Gasteiger partial charge in [-0.05, 0) is 43.0 Å². The van der Waals surface area contributed by atoms with Gasteiger partial charge in [0.05, 0.1) is 10.6 Å².